The van der Waals surface area contributed by atoms with E-state index in [-0.39, 0.29) is 5.91 Å². The van der Waals surface area contributed by atoms with Gasteiger partial charge in [-0.2, -0.15) is 0 Å². The number of nitrogens with zero attached hydrogens (tertiary/aromatic N) is 1. The van der Waals surface area contributed by atoms with Crippen molar-refractivity contribution in [1.29, 1.82) is 0 Å². The van der Waals surface area contributed by atoms with Gasteiger partial charge >= 0.3 is 0 Å². The molecular formula is C24H30N2O2. The lowest BCUT2D eigenvalue weighted by Gasteiger charge is -2.27. The van der Waals surface area contributed by atoms with Gasteiger partial charge in [0.1, 0.15) is 0 Å². The van der Waals surface area contributed by atoms with E-state index in [9.17, 15) is 4.79 Å². The van der Waals surface area contributed by atoms with Crippen LogP contribution in [0.3, 0.4) is 0 Å². The first-order valence-electron chi connectivity index (χ1n) is 10.0. The molecule has 2 aromatic carbocycles. The van der Waals surface area contributed by atoms with Crippen LogP contribution in [-0.2, 0) is 22.6 Å². The van der Waals surface area contributed by atoms with Crippen LogP contribution in [0.4, 0.5) is 0 Å². The van der Waals surface area contributed by atoms with Crippen LogP contribution < -0.4 is 5.32 Å². The van der Waals surface area contributed by atoms with Gasteiger partial charge in [0.2, 0.25) is 5.91 Å². The first kappa shape index (κ1) is 20.3. The molecule has 4 nitrogen and oxygen atoms in total. The SMILES string of the molecule is CC(C)c1ccc(/C=C/C(=O)NCc2ccccc2CN2CCOCC2)cc1. The lowest BCUT2D eigenvalue weighted by atomic mass is 10.0. The fourth-order valence-corrected chi connectivity index (χ4v) is 3.29. The first-order valence-corrected chi connectivity index (χ1v) is 10.0. The topological polar surface area (TPSA) is 41.6 Å². The highest BCUT2D eigenvalue weighted by molar-refractivity contribution is 5.91. The van der Waals surface area contributed by atoms with Crippen LogP contribution >= 0.6 is 0 Å². The standard InChI is InChI=1S/C24H30N2O2/c1-19(2)21-10-7-20(8-11-21)9-12-24(27)25-17-22-5-3-4-6-23(22)18-26-13-15-28-16-14-26/h3-12,19H,13-18H2,1-2H3,(H,25,27)/b12-9+. The van der Waals surface area contributed by atoms with Crippen LogP contribution in [0.1, 0.15) is 42.0 Å². The van der Waals surface area contributed by atoms with Crippen molar-refractivity contribution in [2.75, 3.05) is 26.3 Å². The van der Waals surface area contributed by atoms with E-state index in [1.807, 2.05) is 12.1 Å². The number of hydrogen-bond donors (Lipinski definition) is 1. The molecule has 0 aromatic heterocycles. The Morgan fingerprint density at radius 3 is 2.43 bits per heavy atom. The van der Waals surface area contributed by atoms with Gasteiger partial charge < -0.3 is 10.1 Å². The zero-order valence-electron chi connectivity index (χ0n) is 16.9. The van der Waals surface area contributed by atoms with Crippen molar-refractivity contribution in [2.24, 2.45) is 0 Å². The number of carbonyl (C=O) groups is 1. The quantitative estimate of drug-likeness (QED) is 0.741. The number of benzene rings is 2. The highest BCUT2D eigenvalue weighted by Gasteiger charge is 2.12. The third-order valence-electron chi connectivity index (χ3n) is 5.10. The molecule has 1 heterocycles. The smallest absolute Gasteiger partial charge is 0.244 e. The van der Waals surface area contributed by atoms with Gasteiger partial charge in [0.15, 0.2) is 0 Å². The normalized spacial score (nSPS) is 15.2. The highest BCUT2D eigenvalue weighted by atomic mass is 16.5. The molecule has 148 valence electrons. The second-order valence-electron chi connectivity index (χ2n) is 7.53. The van der Waals surface area contributed by atoms with Gasteiger partial charge in [-0.3, -0.25) is 9.69 Å². The Kier molecular flexibility index (Phi) is 7.40. The number of hydrogen-bond acceptors (Lipinski definition) is 3. The minimum Gasteiger partial charge on any atom is -0.379 e. The molecule has 1 aliphatic rings. The maximum atomic E-state index is 12.2. The van der Waals surface area contributed by atoms with Gasteiger partial charge in [-0.1, -0.05) is 62.4 Å². The van der Waals surface area contributed by atoms with Crippen molar-refractivity contribution >= 4 is 12.0 Å². The van der Waals surface area contributed by atoms with Gasteiger partial charge in [-0.15, -0.1) is 0 Å². The second-order valence-corrected chi connectivity index (χ2v) is 7.53. The highest BCUT2D eigenvalue weighted by Crippen LogP contribution is 2.15. The summed E-state index contributed by atoms with van der Waals surface area (Å²) in [5, 5.41) is 3.01. The van der Waals surface area contributed by atoms with E-state index in [1.54, 1.807) is 6.08 Å². The van der Waals surface area contributed by atoms with Crippen molar-refractivity contribution in [1.82, 2.24) is 10.2 Å². The maximum Gasteiger partial charge on any atom is 0.244 e. The Labute approximate surface area is 168 Å². The second kappa shape index (κ2) is 10.2. The molecule has 0 bridgehead atoms. The van der Waals surface area contributed by atoms with E-state index in [2.05, 4.69) is 66.5 Å². The molecule has 1 fully saturated rings. The van der Waals surface area contributed by atoms with Crippen molar-refractivity contribution in [2.45, 2.75) is 32.9 Å². The summed E-state index contributed by atoms with van der Waals surface area (Å²) >= 11 is 0. The van der Waals surface area contributed by atoms with E-state index >= 15 is 0 Å². The third kappa shape index (κ3) is 6.04. The zero-order valence-corrected chi connectivity index (χ0v) is 16.9. The van der Waals surface area contributed by atoms with Gasteiger partial charge in [0.05, 0.1) is 13.2 Å². The van der Waals surface area contributed by atoms with Crippen LogP contribution in [0.25, 0.3) is 6.08 Å². The van der Waals surface area contributed by atoms with Crippen LogP contribution in [0, 0.1) is 0 Å². The third-order valence-corrected chi connectivity index (χ3v) is 5.10. The summed E-state index contributed by atoms with van der Waals surface area (Å²) in [5.41, 5.74) is 4.76. The number of carbonyl (C=O) groups excluding carboxylic acids is 1. The summed E-state index contributed by atoms with van der Waals surface area (Å²) < 4.78 is 5.42. The summed E-state index contributed by atoms with van der Waals surface area (Å²) in [5.74, 6) is 0.438. The summed E-state index contributed by atoms with van der Waals surface area (Å²) in [4.78, 5) is 14.6. The summed E-state index contributed by atoms with van der Waals surface area (Å²) in [6.07, 6.45) is 3.47. The van der Waals surface area contributed by atoms with Crippen LogP contribution in [0.15, 0.2) is 54.6 Å². The molecule has 3 rings (SSSR count). The van der Waals surface area contributed by atoms with Crippen molar-refractivity contribution < 1.29 is 9.53 Å². The largest absolute Gasteiger partial charge is 0.379 e. The molecule has 1 N–H and O–H groups in total. The van der Waals surface area contributed by atoms with E-state index < -0.39 is 0 Å². The predicted molar refractivity (Wildman–Crippen MR) is 114 cm³/mol. The van der Waals surface area contributed by atoms with E-state index in [1.165, 1.54) is 11.1 Å². The van der Waals surface area contributed by atoms with Crippen LogP contribution in [0.5, 0.6) is 0 Å². The number of rotatable bonds is 7. The molecule has 1 amide bonds. The van der Waals surface area contributed by atoms with Crippen molar-refractivity contribution in [3.8, 4) is 0 Å². The molecule has 0 aliphatic carbocycles. The summed E-state index contributed by atoms with van der Waals surface area (Å²) in [6.45, 7) is 9.29. The Hall–Kier alpha value is -2.43. The fraction of sp³-hybridized carbons (Fsp3) is 0.375. The zero-order chi connectivity index (χ0) is 19.8. The molecule has 28 heavy (non-hydrogen) atoms. The number of morpholine rings is 1. The molecule has 0 unspecified atom stereocenters. The molecule has 4 heteroatoms. The predicted octanol–water partition coefficient (Wildman–Crippen LogP) is 3.97. The van der Waals surface area contributed by atoms with Crippen molar-refractivity contribution in [3.05, 3.63) is 76.9 Å². The molecule has 0 radical (unpaired) electrons. The minimum atomic E-state index is -0.0749. The molecular weight excluding hydrogens is 348 g/mol. The van der Waals surface area contributed by atoms with Gasteiger partial charge in [0.25, 0.3) is 0 Å². The Bertz CT molecular complexity index is 791. The molecule has 1 aliphatic heterocycles. The Balaban J connectivity index is 1.54. The molecule has 2 aromatic rings. The lowest BCUT2D eigenvalue weighted by molar-refractivity contribution is -0.116. The van der Waals surface area contributed by atoms with E-state index in [4.69, 9.17) is 4.74 Å². The molecule has 0 spiro atoms. The Morgan fingerprint density at radius 2 is 1.75 bits per heavy atom. The molecule has 0 saturated carbocycles. The number of ether oxygens (including phenoxy) is 1. The lowest BCUT2D eigenvalue weighted by Crippen LogP contribution is -2.36. The van der Waals surface area contributed by atoms with Gasteiger partial charge in [-0.05, 0) is 34.2 Å². The fourth-order valence-electron chi connectivity index (χ4n) is 3.29. The maximum absolute atomic E-state index is 12.2. The van der Waals surface area contributed by atoms with Gasteiger partial charge in [-0.25, -0.2) is 0 Å². The number of amides is 1. The van der Waals surface area contributed by atoms with Crippen LogP contribution in [-0.4, -0.2) is 37.1 Å². The van der Waals surface area contributed by atoms with E-state index in [0.717, 1.165) is 44.0 Å². The average molecular weight is 379 g/mol. The van der Waals surface area contributed by atoms with Crippen LogP contribution in [0.2, 0.25) is 0 Å². The first-order chi connectivity index (χ1) is 13.6. The Morgan fingerprint density at radius 1 is 1.07 bits per heavy atom. The minimum absolute atomic E-state index is 0.0749. The number of nitrogens with one attached hydrogen (secondary N) is 1. The molecule has 1 saturated heterocycles. The van der Waals surface area contributed by atoms with E-state index in [0.29, 0.717) is 12.5 Å². The average Bonchev–Trinajstić information content (AvgIpc) is 2.72. The molecule has 0 atom stereocenters. The summed E-state index contributed by atoms with van der Waals surface area (Å²) in [7, 11) is 0. The van der Waals surface area contributed by atoms with Crippen molar-refractivity contribution in [3.63, 3.8) is 0 Å². The van der Waals surface area contributed by atoms with Gasteiger partial charge in [0, 0.05) is 32.3 Å². The monoisotopic (exact) mass is 378 g/mol. The summed E-state index contributed by atoms with van der Waals surface area (Å²) in [6, 6.07) is 16.6.